The number of morpholine rings is 1. The van der Waals surface area contributed by atoms with Crippen LogP contribution in [0.15, 0.2) is 0 Å². The SMILES string of the molecule is CC[C@@H]1CN(C[C@H](O)CN2C[C@@H](C)O[C@@H](C)C2)CCN1C[C@H](C)O. The van der Waals surface area contributed by atoms with E-state index in [-0.39, 0.29) is 24.4 Å². The van der Waals surface area contributed by atoms with Gasteiger partial charge in [-0.15, -0.1) is 0 Å². The summed E-state index contributed by atoms with van der Waals surface area (Å²) in [5.74, 6) is 0. The van der Waals surface area contributed by atoms with Crippen LogP contribution in [0.1, 0.15) is 34.1 Å². The molecule has 2 heterocycles. The number of hydrogen-bond donors (Lipinski definition) is 2. The first-order chi connectivity index (χ1) is 11.4. The van der Waals surface area contributed by atoms with Crippen molar-refractivity contribution >= 4 is 0 Å². The highest BCUT2D eigenvalue weighted by molar-refractivity contribution is 4.84. The molecule has 2 saturated heterocycles. The Morgan fingerprint density at radius 2 is 1.58 bits per heavy atom. The Balaban J connectivity index is 1.76. The molecule has 0 amide bonds. The van der Waals surface area contributed by atoms with Crippen LogP contribution in [0.3, 0.4) is 0 Å². The van der Waals surface area contributed by atoms with E-state index in [1.807, 2.05) is 6.92 Å². The maximum absolute atomic E-state index is 10.5. The van der Waals surface area contributed by atoms with Crippen LogP contribution in [0.25, 0.3) is 0 Å². The highest BCUT2D eigenvalue weighted by Crippen LogP contribution is 2.15. The minimum Gasteiger partial charge on any atom is -0.392 e. The first kappa shape index (κ1) is 20.1. The average Bonchev–Trinajstić information content (AvgIpc) is 2.47. The number of aliphatic hydroxyl groups is 2. The van der Waals surface area contributed by atoms with Crippen LogP contribution in [0.4, 0.5) is 0 Å². The average molecular weight is 344 g/mol. The fourth-order valence-corrected chi connectivity index (χ4v) is 4.18. The zero-order chi connectivity index (χ0) is 17.7. The van der Waals surface area contributed by atoms with Crippen molar-refractivity contribution in [2.24, 2.45) is 0 Å². The molecule has 142 valence electrons. The predicted molar refractivity (Wildman–Crippen MR) is 96.2 cm³/mol. The second kappa shape index (κ2) is 9.46. The number of ether oxygens (including phenoxy) is 1. The number of rotatable bonds is 7. The van der Waals surface area contributed by atoms with Gasteiger partial charge < -0.3 is 14.9 Å². The molecule has 6 nitrogen and oxygen atoms in total. The van der Waals surface area contributed by atoms with Gasteiger partial charge in [-0.3, -0.25) is 14.7 Å². The summed E-state index contributed by atoms with van der Waals surface area (Å²) in [5, 5.41) is 20.2. The minimum absolute atomic E-state index is 0.245. The molecule has 2 fully saturated rings. The molecule has 0 spiro atoms. The maximum Gasteiger partial charge on any atom is 0.0793 e. The summed E-state index contributed by atoms with van der Waals surface area (Å²) in [4.78, 5) is 7.09. The molecule has 2 rings (SSSR count). The largest absolute Gasteiger partial charge is 0.392 e. The summed E-state index contributed by atoms with van der Waals surface area (Å²) in [7, 11) is 0. The maximum atomic E-state index is 10.5. The fourth-order valence-electron chi connectivity index (χ4n) is 4.18. The lowest BCUT2D eigenvalue weighted by molar-refractivity contribution is -0.0792. The highest BCUT2D eigenvalue weighted by atomic mass is 16.5. The summed E-state index contributed by atoms with van der Waals surface area (Å²) >= 11 is 0. The Bertz CT molecular complexity index is 359. The van der Waals surface area contributed by atoms with Gasteiger partial charge in [0.1, 0.15) is 0 Å². The molecule has 0 bridgehead atoms. The van der Waals surface area contributed by atoms with Gasteiger partial charge in [0.25, 0.3) is 0 Å². The Labute approximate surface area is 147 Å². The number of nitrogens with zero attached hydrogens (tertiary/aromatic N) is 3. The predicted octanol–water partition coefficient (Wildman–Crippen LogP) is 0.234. The molecule has 0 radical (unpaired) electrons. The number of hydrogen-bond acceptors (Lipinski definition) is 6. The number of β-amino-alcohol motifs (C(OH)–C–C–N with tert-alkyl or cyclic N) is 2. The van der Waals surface area contributed by atoms with Crippen molar-refractivity contribution in [2.75, 3.05) is 52.4 Å². The van der Waals surface area contributed by atoms with Crippen LogP contribution >= 0.6 is 0 Å². The topological polar surface area (TPSA) is 59.4 Å². The molecule has 6 heteroatoms. The van der Waals surface area contributed by atoms with E-state index in [0.29, 0.717) is 6.04 Å². The molecule has 0 aliphatic carbocycles. The molecule has 0 aromatic heterocycles. The third-order valence-corrected chi connectivity index (χ3v) is 5.09. The summed E-state index contributed by atoms with van der Waals surface area (Å²) < 4.78 is 5.76. The van der Waals surface area contributed by atoms with Gasteiger partial charge in [0.15, 0.2) is 0 Å². The minimum atomic E-state index is -0.316. The first-order valence-corrected chi connectivity index (χ1v) is 9.57. The van der Waals surface area contributed by atoms with Gasteiger partial charge in [-0.1, -0.05) is 6.92 Å². The fraction of sp³-hybridized carbons (Fsp3) is 1.00. The number of aliphatic hydroxyl groups excluding tert-OH is 2. The Morgan fingerprint density at radius 1 is 0.958 bits per heavy atom. The molecule has 0 aromatic rings. The Morgan fingerprint density at radius 3 is 2.17 bits per heavy atom. The normalized spacial score (nSPS) is 33.5. The zero-order valence-corrected chi connectivity index (χ0v) is 15.9. The van der Waals surface area contributed by atoms with Crippen molar-refractivity contribution in [3.05, 3.63) is 0 Å². The van der Waals surface area contributed by atoms with Crippen molar-refractivity contribution in [1.82, 2.24) is 14.7 Å². The second-order valence-electron chi connectivity index (χ2n) is 7.80. The van der Waals surface area contributed by atoms with Crippen LogP contribution in [0, 0.1) is 0 Å². The van der Waals surface area contributed by atoms with Crippen LogP contribution in [-0.2, 0) is 4.74 Å². The van der Waals surface area contributed by atoms with Crippen molar-refractivity contribution < 1.29 is 14.9 Å². The van der Waals surface area contributed by atoms with E-state index in [1.165, 1.54) is 0 Å². The summed E-state index contributed by atoms with van der Waals surface area (Å²) in [5.41, 5.74) is 0. The molecule has 2 aliphatic rings. The molecule has 2 N–H and O–H groups in total. The molecule has 2 aliphatic heterocycles. The Kier molecular flexibility index (Phi) is 7.91. The van der Waals surface area contributed by atoms with E-state index < -0.39 is 0 Å². The molecular weight excluding hydrogens is 306 g/mol. The quantitative estimate of drug-likeness (QED) is 0.690. The molecule has 0 unspecified atom stereocenters. The summed E-state index contributed by atoms with van der Waals surface area (Å²) in [6, 6.07) is 0.476. The summed E-state index contributed by atoms with van der Waals surface area (Å²) in [6.45, 7) is 15.2. The lowest BCUT2D eigenvalue weighted by Gasteiger charge is -2.43. The van der Waals surface area contributed by atoms with Crippen molar-refractivity contribution in [3.63, 3.8) is 0 Å². The van der Waals surface area contributed by atoms with Crippen LogP contribution in [-0.4, -0.2) is 108 Å². The van der Waals surface area contributed by atoms with Crippen molar-refractivity contribution in [1.29, 1.82) is 0 Å². The zero-order valence-electron chi connectivity index (χ0n) is 15.9. The van der Waals surface area contributed by atoms with E-state index in [0.717, 1.165) is 58.8 Å². The standard InChI is InChI=1S/C18H37N3O3/c1-5-17-11-19(6-7-21(17)8-14(2)22)12-18(23)13-20-9-15(3)24-16(4)10-20/h14-18,22-23H,5-13H2,1-4H3/t14-,15-,16+,17+,18-/m0/s1. The highest BCUT2D eigenvalue weighted by Gasteiger charge is 2.29. The van der Waals surface area contributed by atoms with Gasteiger partial charge in [-0.2, -0.15) is 0 Å². The third-order valence-electron chi connectivity index (χ3n) is 5.09. The molecule has 0 aromatic carbocycles. The smallest absolute Gasteiger partial charge is 0.0793 e. The van der Waals surface area contributed by atoms with E-state index in [9.17, 15) is 10.2 Å². The lowest BCUT2D eigenvalue weighted by Crippen LogP contribution is -2.56. The van der Waals surface area contributed by atoms with Gasteiger partial charge in [0, 0.05) is 58.4 Å². The monoisotopic (exact) mass is 343 g/mol. The van der Waals surface area contributed by atoms with Gasteiger partial charge in [-0.05, 0) is 27.2 Å². The van der Waals surface area contributed by atoms with E-state index >= 15 is 0 Å². The van der Waals surface area contributed by atoms with Crippen molar-refractivity contribution in [3.8, 4) is 0 Å². The Hall–Kier alpha value is -0.240. The van der Waals surface area contributed by atoms with E-state index in [1.54, 1.807) is 0 Å². The molecule has 5 atom stereocenters. The lowest BCUT2D eigenvalue weighted by atomic mass is 10.1. The van der Waals surface area contributed by atoms with Crippen molar-refractivity contribution in [2.45, 2.75) is 64.6 Å². The first-order valence-electron chi connectivity index (χ1n) is 9.57. The van der Waals surface area contributed by atoms with Gasteiger partial charge in [-0.25, -0.2) is 0 Å². The van der Waals surface area contributed by atoms with Gasteiger partial charge in [0.2, 0.25) is 0 Å². The molecular formula is C18H37N3O3. The van der Waals surface area contributed by atoms with Crippen LogP contribution in [0.2, 0.25) is 0 Å². The van der Waals surface area contributed by atoms with Gasteiger partial charge >= 0.3 is 0 Å². The van der Waals surface area contributed by atoms with E-state index in [4.69, 9.17) is 4.74 Å². The third kappa shape index (κ3) is 6.24. The molecule has 24 heavy (non-hydrogen) atoms. The van der Waals surface area contributed by atoms with E-state index in [2.05, 4.69) is 35.5 Å². The van der Waals surface area contributed by atoms with Gasteiger partial charge in [0.05, 0.1) is 24.4 Å². The molecule has 0 saturated carbocycles. The van der Waals surface area contributed by atoms with Crippen LogP contribution in [0.5, 0.6) is 0 Å². The van der Waals surface area contributed by atoms with Crippen LogP contribution < -0.4 is 0 Å². The summed E-state index contributed by atoms with van der Waals surface area (Å²) in [6.07, 6.45) is 0.978. The number of piperazine rings is 1. The second-order valence-corrected chi connectivity index (χ2v) is 7.80.